The van der Waals surface area contributed by atoms with Gasteiger partial charge in [-0.15, -0.1) is 0 Å². The molecule has 1 amide bonds. The molecule has 5 nitrogen and oxygen atoms in total. The lowest BCUT2D eigenvalue weighted by molar-refractivity contribution is 0.0950. The van der Waals surface area contributed by atoms with Crippen LogP contribution in [0.3, 0.4) is 0 Å². The fourth-order valence-corrected chi connectivity index (χ4v) is 2.00. The highest BCUT2D eigenvalue weighted by Gasteiger charge is 2.13. The maximum Gasteiger partial charge on any atom is 0.252 e. The van der Waals surface area contributed by atoms with Crippen molar-refractivity contribution in [3.05, 3.63) is 32.7 Å². The van der Waals surface area contributed by atoms with Gasteiger partial charge in [-0.25, -0.2) is 0 Å². The minimum atomic E-state index is -0.232. The van der Waals surface area contributed by atoms with Crippen molar-refractivity contribution in [2.24, 2.45) is 16.8 Å². The molecule has 0 aliphatic heterocycles. The largest absolute Gasteiger partial charge is 0.409 e. The van der Waals surface area contributed by atoms with Crippen LogP contribution in [0.15, 0.2) is 32.3 Å². The van der Waals surface area contributed by atoms with E-state index in [0.29, 0.717) is 16.6 Å². The van der Waals surface area contributed by atoms with E-state index in [1.165, 1.54) is 0 Å². The van der Waals surface area contributed by atoms with E-state index in [0.717, 1.165) is 4.47 Å². The molecule has 0 aromatic heterocycles. The topological polar surface area (TPSA) is 87.7 Å². The zero-order chi connectivity index (χ0) is 13.7. The van der Waals surface area contributed by atoms with Gasteiger partial charge in [0.25, 0.3) is 5.91 Å². The molecule has 0 aliphatic rings. The number of rotatable bonds is 4. The molecule has 4 N–H and O–H groups in total. The molecule has 7 heteroatoms. The van der Waals surface area contributed by atoms with E-state index in [1.54, 1.807) is 19.1 Å². The number of carbonyl (C=O) groups is 1. The van der Waals surface area contributed by atoms with Crippen LogP contribution in [-0.2, 0) is 0 Å². The van der Waals surface area contributed by atoms with Crippen LogP contribution in [0.2, 0.25) is 0 Å². The summed E-state index contributed by atoms with van der Waals surface area (Å²) in [5.41, 5.74) is 5.95. The van der Waals surface area contributed by atoms with Gasteiger partial charge in [0.15, 0.2) is 0 Å². The molecule has 0 bridgehead atoms. The van der Waals surface area contributed by atoms with Gasteiger partial charge < -0.3 is 16.3 Å². The van der Waals surface area contributed by atoms with Crippen LogP contribution in [0.1, 0.15) is 17.3 Å². The van der Waals surface area contributed by atoms with Crippen LogP contribution >= 0.6 is 31.9 Å². The number of hydrogen-bond donors (Lipinski definition) is 3. The number of oxime groups is 1. The summed E-state index contributed by atoms with van der Waals surface area (Å²) < 4.78 is 1.53. The first-order chi connectivity index (χ1) is 8.45. The standard InChI is InChI=1S/C11H13Br2N3O2/c1-6(10(14)16-18)5-15-11(17)8-4-7(12)2-3-9(8)13/h2-4,6,18H,5H2,1H3,(H2,14,16)(H,15,17). The molecule has 0 spiro atoms. The quantitative estimate of drug-likeness (QED) is 0.325. The Kier molecular flexibility index (Phi) is 5.61. The van der Waals surface area contributed by atoms with Gasteiger partial charge in [0.2, 0.25) is 0 Å². The number of nitrogens with two attached hydrogens (primary N) is 1. The summed E-state index contributed by atoms with van der Waals surface area (Å²) in [6.07, 6.45) is 0. The van der Waals surface area contributed by atoms with Crippen molar-refractivity contribution in [2.45, 2.75) is 6.92 Å². The first-order valence-corrected chi connectivity index (χ1v) is 6.75. The lowest BCUT2D eigenvalue weighted by Gasteiger charge is -2.12. The maximum atomic E-state index is 11.9. The van der Waals surface area contributed by atoms with Crippen molar-refractivity contribution >= 4 is 43.6 Å². The Morgan fingerprint density at radius 2 is 2.22 bits per heavy atom. The summed E-state index contributed by atoms with van der Waals surface area (Å²) in [6, 6.07) is 5.33. The smallest absolute Gasteiger partial charge is 0.252 e. The van der Waals surface area contributed by atoms with Crippen LogP contribution in [0.5, 0.6) is 0 Å². The van der Waals surface area contributed by atoms with Crippen molar-refractivity contribution < 1.29 is 10.0 Å². The SMILES string of the molecule is CC(CNC(=O)c1cc(Br)ccc1Br)/C(N)=N/O. The Labute approximate surface area is 122 Å². The second-order valence-corrected chi connectivity index (χ2v) is 5.53. The molecule has 1 aromatic carbocycles. The summed E-state index contributed by atoms with van der Waals surface area (Å²) in [7, 11) is 0. The van der Waals surface area contributed by atoms with E-state index < -0.39 is 0 Å². The zero-order valence-corrected chi connectivity index (χ0v) is 12.8. The zero-order valence-electron chi connectivity index (χ0n) is 9.65. The summed E-state index contributed by atoms with van der Waals surface area (Å²) in [4.78, 5) is 11.9. The van der Waals surface area contributed by atoms with Gasteiger partial charge in [-0.1, -0.05) is 28.0 Å². The number of hydrogen-bond acceptors (Lipinski definition) is 3. The second kappa shape index (κ2) is 6.75. The average molecular weight is 379 g/mol. The van der Waals surface area contributed by atoms with E-state index in [9.17, 15) is 4.79 Å². The van der Waals surface area contributed by atoms with E-state index in [1.807, 2.05) is 6.07 Å². The van der Waals surface area contributed by atoms with Crippen LogP contribution in [0.25, 0.3) is 0 Å². The third kappa shape index (κ3) is 3.99. The van der Waals surface area contributed by atoms with Gasteiger partial charge in [-0.05, 0) is 34.1 Å². The second-order valence-electron chi connectivity index (χ2n) is 3.76. The summed E-state index contributed by atoms with van der Waals surface area (Å²) in [5.74, 6) is -0.366. The Morgan fingerprint density at radius 1 is 1.56 bits per heavy atom. The molecule has 0 aliphatic carbocycles. The first-order valence-electron chi connectivity index (χ1n) is 5.16. The van der Waals surface area contributed by atoms with Crippen molar-refractivity contribution in [3.63, 3.8) is 0 Å². The fourth-order valence-electron chi connectivity index (χ4n) is 1.22. The van der Waals surface area contributed by atoms with Crippen LogP contribution < -0.4 is 11.1 Å². The first kappa shape index (κ1) is 15.0. The normalized spacial score (nSPS) is 13.2. The molecule has 0 saturated heterocycles. The summed E-state index contributed by atoms with van der Waals surface area (Å²) in [5, 5.41) is 14.1. The molecular formula is C11H13Br2N3O2. The lowest BCUT2D eigenvalue weighted by Crippen LogP contribution is -2.34. The molecule has 0 radical (unpaired) electrons. The van der Waals surface area contributed by atoms with Gasteiger partial charge >= 0.3 is 0 Å². The fraction of sp³-hybridized carbons (Fsp3) is 0.273. The summed E-state index contributed by atoms with van der Waals surface area (Å²) >= 11 is 6.62. The van der Waals surface area contributed by atoms with Crippen molar-refractivity contribution in [3.8, 4) is 0 Å². The van der Waals surface area contributed by atoms with E-state index in [-0.39, 0.29) is 17.7 Å². The number of carbonyl (C=O) groups excluding carboxylic acids is 1. The molecule has 0 fully saturated rings. The molecule has 1 rings (SSSR count). The highest BCUT2D eigenvalue weighted by molar-refractivity contribution is 9.11. The molecule has 1 unspecified atom stereocenters. The lowest BCUT2D eigenvalue weighted by atomic mass is 10.1. The number of amidine groups is 1. The van der Waals surface area contributed by atoms with Crippen molar-refractivity contribution in [1.29, 1.82) is 0 Å². The van der Waals surface area contributed by atoms with E-state index in [2.05, 4.69) is 42.3 Å². The highest BCUT2D eigenvalue weighted by Crippen LogP contribution is 2.21. The number of nitrogens with one attached hydrogen (secondary N) is 1. The summed E-state index contributed by atoms with van der Waals surface area (Å²) in [6.45, 7) is 2.05. The minimum Gasteiger partial charge on any atom is -0.409 e. The van der Waals surface area contributed by atoms with Gasteiger partial charge in [-0.2, -0.15) is 0 Å². The Hall–Kier alpha value is -1.08. The molecule has 18 heavy (non-hydrogen) atoms. The third-order valence-corrected chi connectivity index (χ3v) is 3.55. The minimum absolute atomic E-state index is 0.0867. The molecule has 0 saturated carbocycles. The van der Waals surface area contributed by atoms with Gasteiger partial charge in [0.1, 0.15) is 5.84 Å². The molecule has 1 aromatic rings. The number of amides is 1. The number of halogens is 2. The highest BCUT2D eigenvalue weighted by atomic mass is 79.9. The van der Waals surface area contributed by atoms with Gasteiger partial charge in [0, 0.05) is 21.4 Å². The maximum absolute atomic E-state index is 11.9. The molecule has 98 valence electrons. The average Bonchev–Trinajstić information content (AvgIpc) is 2.37. The number of nitrogens with zero attached hydrogens (tertiary/aromatic N) is 1. The monoisotopic (exact) mass is 377 g/mol. The molecule has 0 heterocycles. The molecular weight excluding hydrogens is 366 g/mol. The Bertz CT molecular complexity index is 477. The predicted octanol–water partition coefficient (Wildman–Crippen LogP) is 2.32. The Balaban J connectivity index is 2.69. The number of benzene rings is 1. The predicted molar refractivity (Wildman–Crippen MR) is 76.7 cm³/mol. The molecule has 1 atom stereocenters. The Morgan fingerprint density at radius 3 is 2.83 bits per heavy atom. The van der Waals surface area contributed by atoms with Crippen molar-refractivity contribution in [1.82, 2.24) is 5.32 Å². The van der Waals surface area contributed by atoms with Gasteiger partial charge in [-0.3, -0.25) is 4.79 Å². The van der Waals surface area contributed by atoms with E-state index in [4.69, 9.17) is 10.9 Å². The third-order valence-electron chi connectivity index (χ3n) is 2.36. The van der Waals surface area contributed by atoms with Gasteiger partial charge in [0.05, 0.1) is 5.56 Å². The van der Waals surface area contributed by atoms with Crippen LogP contribution in [0, 0.1) is 5.92 Å². The van der Waals surface area contributed by atoms with E-state index >= 15 is 0 Å². The van der Waals surface area contributed by atoms with Crippen LogP contribution in [-0.4, -0.2) is 23.5 Å². The van der Waals surface area contributed by atoms with Crippen molar-refractivity contribution in [2.75, 3.05) is 6.54 Å². The van der Waals surface area contributed by atoms with Crippen LogP contribution in [0.4, 0.5) is 0 Å².